The number of carbonyl (C=O) groups is 1. The number of nitrogen functional groups attached to an aromatic ring is 1. The minimum Gasteiger partial charge on any atom is -0.461 e. The third-order valence-electron chi connectivity index (χ3n) is 2.93. The lowest BCUT2D eigenvalue weighted by atomic mass is 9.86. The van der Waals surface area contributed by atoms with Crippen LogP contribution in [0.1, 0.15) is 63.5 Å². The molecule has 5 heteroatoms. The third-order valence-corrected chi connectivity index (χ3v) is 2.93. The molecule has 1 rings (SSSR count). The minimum absolute atomic E-state index is 0.239. The first-order chi connectivity index (χ1) is 8.82. The number of hydrogen-bond acceptors (Lipinski definition) is 4. The number of aryl methyl sites for hydroxylation is 1. The Morgan fingerprint density at radius 3 is 2.47 bits per heavy atom. The van der Waals surface area contributed by atoms with Crippen molar-refractivity contribution in [1.29, 1.82) is 0 Å². The van der Waals surface area contributed by atoms with E-state index in [0.29, 0.717) is 18.1 Å². The zero-order valence-corrected chi connectivity index (χ0v) is 12.6. The second kappa shape index (κ2) is 6.08. The number of ether oxygens (including phenoxy) is 1. The average molecular weight is 267 g/mol. The van der Waals surface area contributed by atoms with Gasteiger partial charge in [0.1, 0.15) is 5.82 Å². The molecule has 5 nitrogen and oxygen atoms in total. The van der Waals surface area contributed by atoms with E-state index in [2.05, 4.69) is 12.0 Å². The first-order valence-corrected chi connectivity index (χ1v) is 6.86. The van der Waals surface area contributed by atoms with Crippen LogP contribution in [0, 0.1) is 0 Å². The number of unbranched alkanes of at least 4 members (excludes halogenated alkanes) is 1. The molecule has 19 heavy (non-hydrogen) atoms. The van der Waals surface area contributed by atoms with Crippen molar-refractivity contribution in [2.24, 2.45) is 0 Å². The summed E-state index contributed by atoms with van der Waals surface area (Å²) in [5.74, 6) is 0.179. The highest BCUT2D eigenvalue weighted by Gasteiger charge is 2.30. The number of aromatic nitrogens is 2. The van der Waals surface area contributed by atoms with Crippen LogP contribution in [0.25, 0.3) is 0 Å². The first kappa shape index (κ1) is 15.5. The average Bonchev–Trinajstić information content (AvgIpc) is 2.64. The molecular formula is C14H25N3O2. The van der Waals surface area contributed by atoms with Crippen molar-refractivity contribution >= 4 is 11.8 Å². The summed E-state index contributed by atoms with van der Waals surface area (Å²) in [5, 5.41) is 4.35. The summed E-state index contributed by atoms with van der Waals surface area (Å²) in [6.45, 7) is 11.0. The molecule has 1 aromatic rings. The minimum atomic E-state index is -0.394. The molecule has 108 valence electrons. The van der Waals surface area contributed by atoms with Crippen molar-refractivity contribution in [2.45, 2.75) is 59.4 Å². The topological polar surface area (TPSA) is 70.1 Å². The van der Waals surface area contributed by atoms with Gasteiger partial charge in [0.05, 0.1) is 6.61 Å². The Balaban J connectivity index is 3.24. The van der Waals surface area contributed by atoms with E-state index in [1.165, 1.54) is 0 Å². The number of rotatable bonds is 5. The van der Waals surface area contributed by atoms with Gasteiger partial charge in [-0.3, -0.25) is 0 Å². The summed E-state index contributed by atoms with van der Waals surface area (Å²) in [7, 11) is 0. The standard InChI is InChI=1S/C14H25N3O2/c1-6-8-9-17-12(15)10(14(3,4)5)11(16-17)13(18)19-7-2/h6-9,15H2,1-5H3. The molecule has 1 aromatic heterocycles. The van der Waals surface area contributed by atoms with Crippen LogP contribution in [0.4, 0.5) is 5.82 Å². The van der Waals surface area contributed by atoms with Crippen molar-refractivity contribution in [2.75, 3.05) is 12.3 Å². The van der Waals surface area contributed by atoms with Crippen molar-refractivity contribution < 1.29 is 9.53 Å². The zero-order chi connectivity index (χ0) is 14.6. The van der Waals surface area contributed by atoms with Crippen LogP contribution in [0.15, 0.2) is 0 Å². The highest BCUT2D eigenvalue weighted by atomic mass is 16.5. The van der Waals surface area contributed by atoms with Gasteiger partial charge in [0.25, 0.3) is 0 Å². The number of anilines is 1. The second-order valence-electron chi connectivity index (χ2n) is 5.66. The van der Waals surface area contributed by atoms with Crippen molar-refractivity contribution in [1.82, 2.24) is 9.78 Å². The van der Waals surface area contributed by atoms with E-state index in [1.54, 1.807) is 11.6 Å². The molecule has 0 atom stereocenters. The fourth-order valence-electron chi connectivity index (χ4n) is 2.04. The van der Waals surface area contributed by atoms with Gasteiger partial charge in [0.2, 0.25) is 0 Å². The smallest absolute Gasteiger partial charge is 0.359 e. The third kappa shape index (κ3) is 3.49. The van der Waals surface area contributed by atoms with Crippen LogP contribution in [-0.2, 0) is 16.7 Å². The summed E-state index contributed by atoms with van der Waals surface area (Å²) in [6.07, 6.45) is 2.04. The summed E-state index contributed by atoms with van der Waals surface area (Å²) in [5.41, 5.74) is 7.05. The molecule has 0 aliphatic rings. The van der Waals surface area contributed by atoms with E-state index < -0.39 is 5.97 Å². The van der Waals surface area contributed by atoms with E-state index in [9.17, 15) is 4.79 Å². The molecule has 0 unspecified atom stereocenters. The maximum Gasteiger partial charge on any atom is 0.359 e. The summed E-state index contributed by atoms with van der Waals surface area (Å²) < 4.78 is 6.78. The number of esters is 1. The Morgan fingerprint density at radius 2 is 2.00 bits per heavy atom. The molecule has 0 aliphatic heterocycles. The van der Waals surface area contributed by atoms with E-state index in [4.69, 9.17) is 10.5 Å². The van der Waals surface area contributed by atoms with Crippen LogP contribution in [0.3, 0.4) is 0 Å². The predicted molar refractivity (Wildman–Crippen MR) is 76.2 cm³/mol. The maximum atomic E-state index is 12.0. The Morgan fingerprint density at radius 1 is 1.37 bits per heavy atom. The molecule has 0 fully saturated rings. The molecule has 0 amide bonds. The van der Waals surface area contributed by atoms with Gasteiger partial charge in [-0.05, 0) is 18.8 Å². The summed E-state index contributed by atoms with van der Waals surface area (Å²) >= 11 is 0. The van der Waals surface area contributed by atoms with Crippen molar-refractivity contribution in [3.63, 3.8) is 0 Å². The largest absolute Gasteiger partial charge is 0.461 e. The van der Waals surface area contributed by atoms with Gasteiger partial charge < -0.3 is 10.5 Å². The van der Waals surface area contributed by atoms with Gasteiger partial charge in [-0.25, -0.2) is 9.48 Å². The molecular weight excluding hydrogens is 242 g/mol. The van der Waals surface area contributed by atoms with E-state index >= 15 is 0 Å². The lowest BCUT2D eigenvalue weighted by Crippen LogP contribution is -2.18. The molecule has 0 aromatic carbocycles. The van der Waals surface area contributed by atoms with E-state index in [-0.39, 0.29) is 5.41 Å². The number of carbonyl (C=O) groups excluding carboxylic acids is 1. The number of nitrogens with zero attached hydrogens (tertiary/aromatic N) is 2. The molecule has 0 bridgehead atoms. The van der Waals surface area contributed by atoms with Crippen LogP contribution < -0.4 is 5.73 Å². The van der Waals surface area contributed by atoms with Gasteiger partial charge in [0.15, 0.2) is 5.69 Å². The number of nitrogens with two attached hydrogens (primary N) is 1. The molecule has 0 spiro atoms. The van der Waals surface area contributed by atoms with Crippen molar-refractivity contribution in [3.05, 3.63) is 11.3 Å². The SMILES string of the molecule is CCCCn1nc(C(=O)OCC)c(C(C)(C)C)c1N. The van der Waals surface area contributed by atoms with Crippen LogP contribution in [0.2, 0.25) is 0 Å². The number of hydrogen-bond donors (Lipinski definition) is 1. The van der Waals surface area contributed by atoms with Crippen LogP contribution >= 0.6 is 0 Å². The second-order valence-corrected chi connectivity index (χ2v) is 5.66. The normalized spacial score (nSPS) is 11.6. The fourth-order valence-corrected chi connectivity index (χ4v) is 2.04. The molecule has 0 saturated heterocycles. The lowest BCUT2D eigenvalue weighted by molar-refractivity contribution is 0.0515. The van der Waals surface area contributed by atoms with E-state index in [1.807, 2.05) is 20.8 Å². The fraction of sp³-hybridized carbons (Fsp3) is 0.714. The van der Waals surface area contributed by atoms with Crippen LogP contribution in [-0.4, -0.2) is 22.4 Å². The Labute approximate surface area is 115 Å². The van der Waals surface area contributed by atoms with Gasteiger partial charge in [-0.15, -0.1) is 0 Å². The molecule has 2 N–H and O–H groups in total. The van der Waals surface area contributed by atoms with Gasteiger partial charge in [-0.2, -0.15) is 5.10 Å². The molecule has 1 heterocycles. The first-order valence-electron chi connectivity index (χ1n) is 6.86. The van der Waals surface area contributed by atoms with Gasteiger partial charge in [-0.1, -0.05) is 34.1 Å². The predicted octanol–water partition coefficient (Wildman–Crippen LogP) is 2.74. The maximum absolute atomic E-state index is 12.0. The zero-order valence-electron chi connectivity index (χ0n) is 12.6. The van der Waals surface area contributed by atoms with Gasteiger partial charge >= 0.3 is 5.97 Å². The van der Waals surface area contributed by atoms with Crippen molar-refractivity contribution in [3.8, 4) is 0 Å². The monoisotopic (exact) mass is 267 g/mol. The summed E-state index contributed by atoms with van der Waals surface area (Å²) in [6, 6.07) is 0. The lowest BCUT2D eigenvalue weighted by Gasteiger charge is -2.19. The molecule has 0 saturated carbocycles. The molecule has 0 aliphatic carbocycles. The Kier molecular flexibility index (Phi) is 4.97. The highest BCUT2D eigenvalue weighted by molar-refractivity contribution is 5.91. The van der Waals surface area contributed by atoms with Crippen LogP contribution in [0.5, 0.6) is 0 Å². The summed E-state index contributed by atoms with van der Waals surface area (Å²) in [4.78, 5) is 12.0. The Hall–Kier alpha value is -1.52. The quantitative estimate of drug-likeness (QED) is 0.833. The molecule has 0 radical (unpaired) electrons. The van der Waals surface area contributed by atoms with Gasteiger partial charge in [0, 0.05) is 12.1 Å². The highest BCUT2D eigenvalue weighted by Crippen LogP contribution is 2.31. The Bertz CT molecular complexity index is 444. The van der Waals surface area contributed by atoms with E-state index in [0.717, 1.165) is 24.9 Å².